The fourth-order valence-electron chi connectivity index (χ4n) is 2.60. The minimum Gasteiger partial charge on any atom is -0.354 e. The van der Waals surface area contributed by atoms with Crippen molar-refractivity contribution in [3.05, 3.63) is 46.7 Å². The smallest absolute Gasteiger partial charge is 0.191 e. The molecule has 1 aliphatic rings. The number of rotatable bonds is 5. The van der Waals surface area contributed by atoms with Crippen LogP contribution in [0, 0.1) is 5.82 Å². The summed E-state index contributed by atoms with van der Waals surface area (Å²) in [6.07, 6.45) is 0.920. The second-order valence-corrected chi connectivity index (χ2v) is 6.89. The van der Waals surface area contributed by atoms with Crippen LogP contribution in [0.25, 0.3) is 0 Å². The van der Waals surface area contributed by atoms with E-state index < -0.39 is 0 Å². The molecule has 0 saturated heterocycles. The largest absolute Gasteiger partial charge is 0.354 e. The maximum absolute atomic E-state index is 13.8. The summed E-state index contributed by atoms with van der Waals surface area (Å²) in [5.41, 5.74) is 1.76. The van der Waals surface area contributed by atoms with E-state index >= 15 is 0 Å². The van der Waals surface area contributed by atoms with Crippen molar-refractivity contribution in [1.29, 1.82) is 0 Å². The van der Waals surface area contributed by atoms with Crippen LogP contribution in [0.4, 0.5) is 9.52 Å². The fraction of sp³-hybridized carbons (Fsp3) is 0.412. The lowest BCUT2D eigenvalue weighted by atomic mass is 10.1. The van der Waals surface area contributed by atoms with Crippen LogP contribution in [0.5, 0.6) is 0 Å². The second-order valence-electron chi connectivity index (χ2n) is 6.06. The second kappa shape index (κ2) is 8.79. The van der Waals surface area contributed by atoms with Crippen LogP contribution in [0.1, 0.15) is 23.6 Å². The number of anilines is 1. The van der Waals surface area contributed by atoms with E-state index in [9.17, 15) is 4.39 Å². The SMILES string of the molecule is CN=C(NCc1csc(N(C)C)n1)NC1CC1c1ccccc1F.I. The van der Waals surface area contributed by atoms with Crippen LogP contribution in [0.15, 0.2) is 34.6 Å². The molecule has 1 fully saturated rings. The van der Waals surface area contributed by atoms with Gasteiger partial charge in [0, 0.05) is 38.5 Å². The summed E-state index contributed by atoms with van der Waals surface area (Å²) in [4.78, 5) is 10.8. The van der Waals surface area contributed by atoms with Gasteiger partial charge in [-0.15, -0.1) is 35.3 Å². The molecule has 1 heterocycles. The molecule has 1 aromatic heterocycles. The fourth-order valence-corrected chi connectivity index (χ4v) is 3.36. The zero-order chi connectivity index (χ0) is 17.1. The molecule has 1 aliphatic carbocycles. The van der Waals surface area contributed by atoms with Crippen molar-refractivity contribution in [1.82, 2.24) is 15.6 Å². The first-order valence-electron chi connectivity index (χ1n) is 7.92. The number of nitrogens with one attached hydrogen (secondary N) is 2. The van der Waals surface area contributed by atoms with E-state index in [0.717, 1.165) is 28.8 Å². The minimum absolute atomic E-state index is 0. The lowest BCUT2D eigenvalue weighted by Crippen LogP contribution is -2.38. The van der Waals surface area contributed by atoms with Gasteiger partial charge in [-0.2, -0.15) is 0 Å². The van der Waals surface area contributed by atoms with Crippen molar-refractivity contribution >= 4 is 46.4 Å². The molecule has 0 amide bonds. The van der Waals surface area contributed by atoms with Gasteiger partial charge < -0.3 is 15.5 Å². The maximum atomic E-state index is 13.8. The third kappa shape index (κ3) is 5.04. The molecule has 1 aromatic carbocycles. The highest BCUT2D eigenvalue weighted by atomic mass is 127. The Bertz CT molecular complexity index is 733. The number of halogens is 2. The number of benzene rings is 1. The van der Waals surface area contributed by atoms with Crippen LogP contribution >= 0.6 is 35.3 Å². The van der Waals surface area contributed by atoms with Crippen molar-refractivity contribution in [3.63, 3.8) is 0 Å². The van der Waals surface area contributed by atoms with E-state index in [2.05, 4.69) is 20.6 Å². The molecular weight excluding hydrogens is 452 g/mol. The first kappa shape index (κ1) is 19.9. The number of hydrogen-bond donors (Lipinski definition) is 2. The molecule has 2 aromatic rings. The van der Waals surface area contributed by atoms with Gasteiger partial charge in [0.05, 0.1) is 12.2 Å². The third-order valence-electron chi connectivity index (χ3n) is 4.00. The van der Waals surface area contributed by atoms with Crippen molar-refractivity contribution in [2.45, 2.75) is 24.9 Å². The Morgan fingerprint density at radius 2 is 2.16 bits per heavy atom. The Balaban J connectivity index is 0.00000225. The Hall–Kier alpha value is -1.42. The van der Waals surface area contributed by atoms with Crippen LogP contribution in [0.2, 0.25) is 0 Å². The van der Waals surface area contributed by atoms with E-state index in [1.54, 1.807) is 24.5 Å². The molecule has 2 unspecified atom stereocenters. The first-order valence-corrected chi connectivity index (χ1v) is 8.79. The summed E-state index contributed by atoms with van der Waals surface area (Å²) in [6, 6.07) is 7.20. The van der Waals surface area contributed by atoms with Gasteiger partial charge in [-0.25, -0.2) is 9.37 Å². The van der Waals surface area contributed by atoms with Gasteiger partial charge in [0.25, 0.3) is 0 Å². The van der Waals surface area contributed by atoms with E-state index in [1.165, 1.54) is 6.07 Å². The molecule has 3 rings (SSSR count). The van der Waals surface area contributed by atoms with E-state index in [0.29, 0.717) is 6.54 Å². The quantitative estimate of drug-likeness (QED) is 0.397. The third-order valence-corrected chi connectivity index (χ3v) is 5.06. The summed E-state index contributed by atoms with van der Waals surface area (Å²) >= 11 is 1.62. The molecule has 1 saturated carbocycles. The van der Waals surface area contributed by atoms with Gasteiger partial charge in [-0.05, 0) is 18.1 Å². The molecule has 2 atom stereocenters. The monoisotopic (exact) mass is 475 g/mol. The van der Waals surface area contributed by atoms with Gasteiger partial charge in [-0.3, -0.25) is 4.99 Å². The topological polar surface area (TPSA) is 52.6 Å². The maximum Gasteiger partial charge on any atom is 0.191 e. The number of aromatic nitrogens is 1. The Labute approximate surface area is 168 Å². The number of thiazole rings is 1. The van der Waals surface area contributed by atoms with Crippen molar-refractivity contribution < 1.29 is 4.39 Å². The molecule has 2 N–H and O–H groups in total. The number of guanidine groups is 1. The van der Waals surface area contributed by atoms with E-state index in [4.69, 9.17) is 0 Å². The van der Waals surface area contributed by atoms with Crippen molar-refractivity contribution in [2.75, 3.05) is 26.0 Å². The molecule has 136 valence electrons. The van der Waals surface area contributed by atoms with Crippen molar-refractivity contribution in [2.24, 2.45) is 4.99 Å². The van der Waals surface area contributed by atoms with Crippen LogP contribution in [0.3, 0.4) is 0 Å². The van der Waals surface area contributed by atoms with Gasteiger partial charge in [-0.1, -0.05) is 18.2 Å². The zero-order valence-corrected chi connectivity index (χ0v) is 17.6. The Morgan fingerprint density at radius 3 is 2.80 bits per heavy atom. The molecule has 5 nitrogen and oxygen atoms in total. The van der Waals surface area contributed by atoms with Crippen LogP contribution in [-0.4, -0.2) is 38.1 Å². The molecule has 25 heavy (non-hydrogen) atoms. The lowest BCUT2D eigenvalue weighted by molar-refractivity contribution is 0.607. The summed E-state index contributed by atoms with van der Waals surface area (Å²) in [5.74, 6) is 0.802. The van der Waals surface area contributed by atoms with E-state index in [1.807, 2.05) is 36.5 Å². The molecule has 0 aliphatic heterocycles. The predicted octanol–water partition coefficient (Wildman–Crippen LogP) is 3.19. The highest BCUT2D eigenvalue weighted by Gasteiger charge is 2.40. The summed E-state index contributed by atoms with van der Waals surface area (Å²) in [6.45, 7) is 0.612. The van der Waals surface area contributed by atoms with E-state index in [-0.39, 0.29) is 41.8 Å². The number of aliphatic imine (C=N–C) groups is 1. The van der Waals surface area contributed by atoms with Gasteiger partial charge in [0.15, 0.2) is 11.1 Å². The number of hydrogen-bond acceptors (Lipinski definition) is 4. The average molecular weight is 475 g/mol. The highest BCUT2D eigenvalue weighted by molar-refractivity contribution is 14.0. The molecule has 0 bridgehead atoms. The predicted molar refractivity (Wildman–Crippen MR) is 113 cm³/mol. The highest BCUT2D eigenvalue weighted by Crippen LogP contribution is 2.41. The van der Waals surface area contributed by atoms with Gasteiger partial charge in [0.1, 0.15) is 5.82 Å². The molecule has 8 heteroatoms. The summed E-state index contributed by atoms with van der Waals surface area (Å²) < 4.78 is 13.8. The molecule has 0 spiro atoms. The summed E-state index contributed by atoms with van der Waals surface area (Å²) in [7, 11) is 5.70. The zero-order valence-electron chi connectivity index (χ0n) is 14.5. The van der Waals surface area contributed by atoms with Gasteiger partial charge in [0.2, 0.25) is 0 Å². The Kier molecular flexibility index (Phi) is 7.00. The van der Waals surface area contributed by atoms with Crippen LogP contribution in [-0.2, 0) is 6.54 Å². The van der Waals surface area contributed by atoms with Crippen LogP contribution < -0.4 is 15.5 Å². The first-order chi connectivity index (χ1) is 11.6. The average Bonchev–Trinajstić information content (AvgIpc) is 3.15. The lowest BCUT2D eigenvalue weighted by Gasteiger charge is -2.11. The van der Waals surface area contributed by atoms with Crippen molar-refractivity contribution in [3.8, 4) is 0 Å². The van der Waals surface area contributed by atoms with Gasteiger partial charge >= 0.3 is 0 Å². The number of nitrogens with zero attached hydrogens (tertiary/aromatic N) is 3. The standard InChI is InChI=1S/C17H22FN5S.HI/c1-19-16(20-9-11-10-24-17(21-11)23(2)3)22-15-8-13(15)12-6-4-5-7-14(12)18;/h4-7,10,13,15H,8-9H2,1-3H3,(H2,19,20,22);1H. The summed E-state index contributed by atoms with van der Waals surface area (Å²) in [5, 5.41) is 9.64. The minimum atomic E-state index is -0.131. The molecular formula is C17H23FIN5S. The molecule has 0 radical (unpaired) electrons. The Morgan fingerprint density at radius 1 is 1.40 bits per heavy atom. The normalized spacial score (nSPS) is 19.1.